The highest BCUT2D eigenvalue weighted by atomic mass is 19.3. The summed E-state index contributed by atoms with van der Waals surface area (Å²) < 4.78 is 73.4. The topological polar surface area (TPSA) is 0 Å². The van der Waals surface area contributed by atoms with E-state index in [0.717, 1.165) is 0 Å². The molecule has 0 saturated heterocycles. The molecular weight excluding hydrogens is 186 g/mol. The lowest BCUT2D eigenvalue weighted by Crippen LogP contribution is -2.49. The van der Waals surface area contributed by atoms with Crippen LogP contribution in [0.2, 0.25) is 0 Å². The Morgan fingerprint density at radius 2 is 1.17 bits per heavy atom. The minimum Gasteiger partial charge on any atom is -0.207 e. The Hall–Kier alpha value is -0.420. The SMILES string of the molecule is FC1(F)CCC(F)(F)C(F)(F)C1. The zero-order valence-corrected chi connectivity index (χ0v) is 5.89. The third-order valence-corrected chi connectivity index (χ3v) is 1.82. The van der Waals surface area contributed by atoms with Crippen LogP contribution in [0.3, 0.4) is 0 Å². The van der Waals surface area contributed by atoms with Gasteiger partial charge < -0.3 is 0 Å². The van der Waals surface area contributed by atoms with Crippen LogP contribution in [-0.2, 0) is 0 Å². The summed E-state index contributed by atoms with van der Waals surface area (Å²) in [6, 6.07) is 0. The van der Waals surface area contributed by atoms with Gasteiger partial charge in [-0.1, -0.05) is 0 Å². The van der Waals surface area contributed by atoms with E-state index in [1.807, 2.05) is 0 Å². The lowest BCUT2D eigenvalue weighted by atomic mass is 9.90. The van der Waals surface area contributed by atoms with Crippen molar-refractivity contribution in [3.05, 3.63) is 0 Å². The lowest BCUT2D eigenvalue weighted by Gasteiger charge is -2.35. The van der Waals surface area contributed by atoms with Crippen molar-refractivity contribution in [2.24, 2.45) is 0 Å². The molecule has 1 saturated carbocycles. The molecule has 0 nitrogen and oxygen atoms in total. The number of hydrogen-bond acceptors (Lipinski definition) is 0. The molecule has 0 aromatic rings. The quantitative estimate of drug-likeness (QED) is 0.517. The fourth-order valence-electron chi connectivity index (χ4n) is 1.07. The normalized spacial score (nSPS) is 31.5. The Labute approximate surface area is 64.6 Å². The van der Waals surface area contributed by atoms with Gasteiger partial charge in [0, 0.05) is 12.8 Å². The highest BCUT2D eigenvalue weighted by Gasteiger charge is 2.64. The number of halogens is 6. The Bertz CT molecular complexity index is 184. The zero-order chi connectivity index (χ0) is 9.62. The summed E-state index contributed by atoms with van der Waals surface area (Å²) in [5, 5.41) is 0. The van der Waals surface area contributed by atoms with Crippen molar-refractivity contribution in [1.82, 2.24) is 0 Å². The Balaban J connectivity index is 2.82. The van der Waals surface area contributed by atoms with E-state index in [4.69, 9.17) is 0 Å². The maximum absolute atomic E-state index is 12.2. The number of alkyl halides is 6. The number of hydrogen-bond donors (Lipinski definition) is 0. The standard InChI is InChI=1S/C6H6F6/c7-4(8)1-2-5(9,10)6(11,12)3-4/h1-3H2. The van der Waals surface area contributed by atoms with Crippen molar-refractivity contribution in [1.29, 1.82) is 0 Å². The average Bonchev–Trinajstić information content (AvgIpc) is 1.79. The molecule has 1 aliphatic rings. The van der Waals surface area contributed by atoms with Gasteiger partial charge >= 0.3 is 11.8 Å². The zero-order valence-electron chi connectivity index (χ0n) is 5.89. The van der Waals surface area contributed by atoms with E-state index in [9.17, 15) is 26.3 Å². The fraction of sp³-hybridized carbons (Fsp3) is 1.00. The highest BCUT2D eigenvalue weighted by molar-refractivity contribution is 4.95. The first-order chi connectivity index (χ1) is 5.16. The lowest BCUT2D eigenvalue weighted by molar-refractivity contribution is -0.271. The van der Waals surface area contributed by atoms with Crippen LogP contribution in [0.15, 0.2) is 0 Å². The Morgan fingerprint density at radius 1 is 0.667 bits per heavy atom. The first-order valence-electron chi connectivity index (χ1n) is 3.30. The van der Waals surface area contributed by atoms with E-state index in [-0.39, 0.29) is 0 Å². The smallest absolute Gasteiger partial charge is 0.207 e. The van der Waals surface area contributed by atoms with E-state index >= 15 is 0 Å². The van der Waals surface area contributed by atoms with Gasteiger partial charge in [0.15, 0.2) is 0 Å². The van der Waals surface area contributed by atoms with Crippen LogP contribution in [-0.4, -0.2) is 17.8 Å². The maximum atomic E-state index is 12.2. The van der Waals surface area contributed by atoms with Gasteiger partial charge in [0.25, 0.3) is 5.92 Å². The van der Waals surface area contributed by atoms with Crippen LogP contribution in [0.4, 0.5) is 26.3 Å². The van der Waals surface area contributed by atoms with Crippen LogP contribution >= 0.6 is 0 Å². The second-order valence-electron chi connectivity index (χ2n) is 2.94. The number of rotatable bonds is 0. The minimum absolute atomic E-state index is 1.17. The Kier molecular flexibility index (Phi) is 1.85. The molecule has 0 aliphatic heterocycles. The van der Waals surface area contributed by atoms with Crippen molar-refractivity contribution in [2.75, 3.05) is 0 Å². The van der Waals surface area contributed by atoms with Gasteiger partial charge in [0.05, 0.1) is 6.42 Å². The predicted molar refractivity (Wildman–Crippen MR) is 28.7 cm³/mol. The third-order valence-electron chi connectivity index (χ3n) is 1.82. The van der Waals surface area contributed by atoms with Gasteiger partial charge in [-0.15, -0.1) is 0 Å². The molecule has 1 rings (SSSR count). The molecule has 0 aromatic heterocycles. The molecule has 6 heteroatoms. The molecular formula is C6H6F6. The molecule has 0 bridgehead atoms. The summed E-state index contributed by atoms with van der Waals surface area (Å²) in [5.41, 5.74) is 0. The summed E-state index contributed by atoms with van der Waals surface area (Å²) in [6.07, 6.45) is -4.67. The molecule has 12 heavy (non-hydrogen) atoms. The summed E-state index contributed by atoms with van der Waals surface area (Å²) in [5.74, 6) is -12.5. The molecule has 0 atom stereocenters. The van der Waals surface area contributed by atoms with Crippen molar-refractivity contribution in [3.63, 3.8) is 0 Å². The van der Waals surface area contributed by atoms with Gasteiger partial charge in [-0.3, -0.25) is 0 Å². The molecule has 0 N–H and O–H groups in total. The molecule has 0 unspecified atom stereocenters. The largest absolute Gasteiger partial charge is 0.315 e. The summed E-state index contributed by atoms with van der Waals surface area (Å²) in [4.78, 5) is 0. The molecule has 1 fully saturated rings. The summed E-state index contributed by atoms with van der Waals surface area (Å²) in [6.45, 7) is 0. The second-order valence-corrected chi connectivity index (χ2v) is 2.94. The van der Waals surface area contributed by atoms with E-state index in [2.05, 4.69) is 0 Å². The average molecular weight is 192 g/mol. The van der Waals surface area contributed by atoms with Gasteiger partial charge in [-0.25, -0.2) is 8.78 Å². The molecule has 0 heterocycles. The van der Waals surface area contributed by atoms with Gasteiger partial charge in [-0.05, 0) is 0 Å². The molecule has 0 radical (unpaired) electrons. The summed E-state index contributed by atoms with van der Waals surface area (Å²) >= 11 is 0. The molecule has 72 valence electrons. The first-order valence-corrected chi connectivity index (χ1v) is 3.30. The molecule has 0 aromatic carbocycles. The van der Waals surface area contributed by atoms with E-state index in [1.165, 1.54) is 0 Å². The van der Waals surface area contributed by atoms with Crippen LogP contribution < -0.4 is 0 Å². The first kappa shape index (κ1) is 9.67. The van der Waals surface area contributed by atoms with Gasteiger partial charge in [-0.2, -0.15) is 17.6 Å². The Morgan fingerprint density at radius 3 is 1.50 bits per heavy atom. The van der Waals surface area contributed by atoms with Gasteiger partial charge in [0.2, 0.25) is 0 Å². The van der Waals surface area contributed by atoms with E-state index in [1.54, 1.807) is 0 Å². The maximum Gasteiger partial charge on any atom is 0.315 e. The fourth-order valence-corrected chi connectivity index (χ4v) is 1.07. The van der Waals surface area contributed by atoms with Crippen molar-refractivity contribution in [3.8, 4) is 0 Å². The highest BCUT2D eigenvalue weighted by Crippen LogP contribution is 2.50. The van der Waals surface area contributed by atoms with Crippen LogP contribution in [0.1, 0.15) is 19.3 Å². The molecule has 0 spiro atoms. The second kappa shape index (κ2) is 2.29. The van der Waals surface area contributed by atoms with Crippen molar-refractivity contribution < 1.29 is 26.3 Å². The molecule has 1 aliphatic carbocycles. The van der Waals surface area contributed by atoms with E-state index in [0.29, 0.717) is 0 Å². The van der Waals surface area contributed by atoms with Crippen LogP contribution in [0, 0.1) is 0 Å². The third kappa shape index (κ3) is 1.51. The van der Waals surface area contributed by atoms with Crippen LogP contribution in [0.25, 0.3) is 0 Å². The predicted octanol–water partition coefficient (Wildman–Crippen LogP) is 3.08. The van der Waals surface area contributed by atoms with Crippen molar-refractivity contribution >= 4 is 0 Å². The van der Waals surface area contributed by atoms with Crippen LogP contribution in [0.5, 0.6) is 0 Å². The molecule has 0 amide bonds. The van der Waals surface area contributed by atoms with E-state index < -0.39 is 37.0 Å². The van der Waals surface area contributed by atoms with Gasteiger partial charge in [0.1, 0.15) is 0 Å². The van der Waals surface area contributed by atoms with Crippen molar-refractivity contribution in [2.45, 2.75) is 37.0 Å². The minimum atomic E-state index is -4.57. The summed E-state index contributed by atoms with van der Waals surface area (Å²) in [7, 11) is 0. The monoisotopic (exact) mass is 192 g/mol.